The first-order chi connectivity index (χ1) is 16.0. The van der Waals surface area contributed by atoms with Crippen LogP contribution < -0.4 is 10.5 Å². The topological polar surface area (TPSA) is 82.2 Å². The number of fused-ring (bicyclic) bond motifs is 1. The maximum atomic E-state index is 13.4. The van der Waals surface area contributed by atoms with Gasteiger partial charge in [0.1, 0.15) is 17.1 Å². The fourth-order valence-electron chi connectivity index (χ4n) is 4.07. The van der Waals surface area contributed by atoms with Crippen molar-refractivity contribution in [1.82, 2.24) is 14.5 Å². The molecule has 1 fully saturated rings. The fourth-order valence-corrected chi connectivity index (χ4v) is 4.32. The second-order valence-corrected chi connectivity index (χ2v) is 8.13. The number of rotatable bonds is 5. The number of benzene rings is 1. The molecule has 0 spiro atoms. The van der Waals surface area contributed by atoms with E-state index in [1.807, 2.05) is 41.3 Å². The molecule has 0 bridgehead atoms. The van der Waals surface area contributed by atoms with Crippen molar-refractivity contribution in [2.75, 3.05) is 31.1 Å². The van der Waals surface area contributed by atoms with E-state index in [9.17, 15) is 14.9 Å². The summed E-state index contributed by atoms with van der Waals surface area (Å²) in [5.41, 5.74) is 2.49. The molecule has 1 aliphatic heterocycles. The Bertz CT molecular complexity index is 1330. The minimum Gasteiger partial charge on any atom is -0.365 e. The van der Waals surface area contributed by atoms with Crippen LogP contribution in [0.25, 0.3) is 11.0 Å². The van der Waals surface area contributed by atoms with Crippen molar-refractivity contribution in [3.8, 4) is 6.07 Å². The van der Waals surface area contributed by atoms with E-state index in [1.165, 1.54) is 6.08 Å². The van der Waals surface area contributed by atoms with Gasteiger partial charge in [0.15, 0.2) is 0 Å². The Morgan fingerprint density at radius 2 is 1.88 bits per heavy atom. The second kappa shape index (κ2) is 9.76. The molecular weight excluding hydrogens is 434 g/mol. The second-order valence-electron chi connectivity index (χ2n) is 7.65. The average Bonchev–Trinajstić information content (AvgIpc) is 2.86. The van der Waals surface area contributed by atoms with Crippen molar-refractivity contribution in [2.24, 2.45) is 0 Å². The van der Waals surface area contributed by atoms with Crippen LogP contribution in [-0.2, 0) is 11.3 Å². The van der Waals surface area contributed by atoms with Crippen LogP contribution in [0.3, 0.4) is 0 Å². The predicted molar refractivity (Wildman–Crippen MR) is 132 cm³/mol. The van der Waals surface area contributed by atoms with Crippen molar-refractivity contribution in [1.29, 1.82) is 5.26 Å². The van der Waals surface area contributed by atoms with Gasteiger partial charge in [0.05, 0.1) is 22.7 Å². The Balaban J connectivity index is 1.73. The Kier molecular flexibility index (Phi) is 6.61. The summed E-state index contributed by atoms with van der Waals surface area (Å²) in [4.78, 5) is 34.5. The Hall–Kier alpha value is -3.83. The largest absolute Gasteiger partial charge is 0.365 e. The number of amides is 1. The predicted octanol–water partition coefficient (Wildman–Crippen LogP) is 2.96. The molecule has 0 unspecified atom stereocenters. The van der Waals surface area contributed by atoms with Gasteiger partial charge in [-0.2, -0.15) is 5.26 Å². The molecule has 7 nitrogen and oxygen atoms in total. The Labute approximate surface area is 197 Å². The first kappa shape index (κ1) is 22.4. The number of allylic oxidation sites excluding steroid dienone is 2. The molecule has 4 rings (SSSR count). The molecule has 1 amide bonds. The SMILES string of the molecule is C=C/C=C(\S)C(=O)N1CCN(c2c(C#N)c(=O)n(Cc3ccccc3)c3cccnc23)CC1. The third kappa shape index (κ3) is 4.41. The normalized spacial score (nSPS) is 14.2. The van der Waals surface area contributed by atoms with Gasteiger partial charge in [-0.25, -0.2) is 0 Å². The van der Waals surface area contributed by atoms with Gasteiger partial charge < -0.3 is 14.4 Å². The van der Waals surface area contributed by atoms with Crippen LogP contribution in [0.1, 0.15) is 11.1 Å². The third-order valence-corrected chi connectivity index (χ3v) is 6.01. The van der Waals surface area contributed by atoms with Gasteiger partial charge in [-0.1, -0.05) is 43.0 Å². The van der Waals surface area contributed by atoms with E-state index >= 15 is 0 Å². The number of piperazine rings is 1. The van der Waals surface area contributed by atoms with Crippen molar-refractivity contribution in [2.45, 2.75) is 6.54 Å². The minimum absolute atomic E-state index is 0.0679. The molecule has 0 saturated carbocycles. The molecule has 3 aromatic rings. The van der Waals surface area contributed by atoms with E-state index in [0.717, 1.165) is 5.56 Å². The number of nitriles is 1. The van der Waals surface area contributed by atoms with Crippen molar-refractivity contribution < 1.29 is 4.79 Å². The average molecular weight is 458 g/mol. The Morgan fingerprint density at radius 1 is 1.15 bits per heavy atom. The molecule has 33 heavy (non-hydrogen) atoms. The van der Waals surface area contributed by atoms with Crippen LogP contribution >= 0.6 is 12.6 Å². The summed E-state index contributed by atoms with van der Waals surface area (Å²) in [6.45, 7) is 5.78. The number of pyridine rings is 2. The Morgan fingerprint density at radius 3 is 2.55 bits per heavy atom. The van der Waals surface area contributed by atoms with Gasteiger partial charge in [-0.15, -0.1) is 12.6 Å². The summed E-state index contributed by atoms with van der Waals surface area (Å²) in [6.07, 6.45) is 4.75. The number of nitrogens with zero attached hydrogens (tertiary/aromatic N) is 5. The third-order valence-electron chi connectivity index (χ3n) is 5.67. The number of carbonyl (C=O) groups is 1. The van der Waals surface area contributed by atoms with Crippen molar-refractivity contribution in [3.05, 3.63) is 93.8 Å². The maximum Gasteiger partial charge on any atom is 0.271 e. The lowest BCUT2D eigenvalue weighted by molar-refractivity contribution is -0.126. The van der Waals surface area contributed by atoms with Gasteiger partial charge in [-0.3, -0.25) is 14.6 Å². The highest BCUT2D eigenvalue weighted by molar-refractivity contribution is 7.85. The maximum absolute atomic E-state index is 13.4. The molecular formula is C25H23N5O2S. The summed E-state index contributed by atoms with van der Waals surface area (Å²) in [7, 11) is 0. The zero-order valence-corrected chi connectivity index (χ0v) is 18.9. The van der Waals surface area contributed by atoms with Crippen molar-refractivity contribution in [3.63, 3.8) is 0 Å². The van der Waals surface area contributed by atoms with E-state index in [0.29, 0.717) is 54.3 Å². The van der Waals surface area contributed by atoms with Crippen LogP contribution in [0.15, 0.2) is 77.1 Å². The van der Waals surface area contributed by atoms with E-state index < -0.39 is 0 Å². The standard InChI is InChI=1S/C25H23N5O2S/c1-2-7-21(33)25(32)29-14-12-28(13-15-29)23-19(16-26)24(31)30(17-18-8-4-3-5-9-18)20-10-6-11-27-22(20)23/h2-11,33H,1,12-15,17H2/b21-7-. The first-order valence-electron chi connectivity index (χ1n) is 10.6. The lowest BCUT2D eigenvalue weighted by Gasteiger charge is -2.36. The highest BCUT2D eigenvalue weighted by atomic mass is 32.1. The van der Waals surface area contributed by atoms with Crippen LogP contribution in [0, 0.1) is 11.3 Å². The highest BCUT2D eigenvalue weighted by Crippen LogP contribution is 2.28. The van der Waals surface area contributed by atoms with E-state index in [2.05, 4.69) is 30.3 Å². The van der Waals surface area contributed by atoms with Crippen LogP contribution in [0.4, 0.5) is 5.69 Å². The van der Waals surface area contributed by atoms with E-state index in [-0.39, 0.29) is 17.0 Å². The van der Waals surface area contributed by atoms with E-state index in [1.54, 1.807) is 27.8 Å². The van der Waals surface area contributed by atoms with Gasteiger partial charge in [-0.05, 0) is 23.8 Å². The number of thiol groups is 1. The number of aromatic nitrogens is 2. The minimum atomic E-state index is -0.345. The summed E-state index contributed by atoms with van der Waals surface area (Å²) in [6, 6.07) is 15.4. The highest BCUT2D eigenvalue weighted by Gasteiger charge is 2.27. The van der Waals surface area contributed by atoms with Gasteiger partial charge in [0.25, 0.3) is 11.5 Å². The molecule has 0 atom stereocenters. The number of hydrogen-bond acceptors (Lipinski definition) is 6. The lowest BCUT2D eigenvalue weighted by Crippen LogP contribution is -2.49. The molecule has 0 N–H and O–H groups in total. The van der Waals surface area contributed by atoms with Gasteiger partial charge >= 0.3 is 0 Å². The zero-order valence-electron chi connectivity index (χ0n) is 18.0. The van der Waals surface area contributed by atoms with E-state index in [4.69, 9.17) is 0 Å². The summed E-state index contributed by atoms with van der Waals surface area (Å²) >= 11 is 4.24. The quantitative estimate of drug-likeness (QED) is 0.362. The zero-order chi connectivity index (χ0) is 23.4. The van der Waals surface area contributed by atoms with Crippen LogP contribution in [-0.4, -0.2) is 46.5 Å². The fraction of sp³-hybridized carbons (Fsp3) is 0.200. The van der Waals surface area contributed by atoms with Gasteiger partial charge in [0.2, 0.25) is 0 Å². The molecule has 166 valence electrons. The van der Waals surface area contributed by atoms with Gasteiger partial charge in [0, 0.05) is 32.4 Å². The monoisotopic (exact) mass is 457 g/mol. The molecule has 0 aliphatic carbocycles. The first-order valence-corrected chi connectivity index (χ1v) is 11.0. The van der Waals surface area contributed by atoms with Crippen molar-refractivity contribution >= 4 is 35.3 Å². The van der Waals surface area contributed by atoms with Crippen LogP contribution in [0.2, 0.25) is 0 Å². The molecule has 1 saturated heterocycles. The smallest absolute Gasteiger partial charge is 0.271 e. The summed E-state index contributed by atoms with van der Waals surface area (Å²) in [5, 5.41) is 9.94. The molecule has 2 aromatic heterocycles. The molecule has 1 aliphatic rings. The molecule has 8 heteroatoms. The summed E-state index contributed by atoms with van der Waals surface area (Å²) < 4.78 is 1.60. The summed E-state index contributed by atoms with van der Waals surface area (Å²) in [5.74, 6) is -0.167. The number of anilines is 1. The molecule has 1 aromatic carbocycles. The lowest BCUT2D eigenvalue weighted by atomic mass is 10.1. The molecule has 0 radical (unpaired) electrons. The van der Waals surface area contributed by atoms with Crippen LogP contribution in [0.5, 0.6) is 0 Å². The number of hydrogen-bond donors (Lipinski definition) is 1. The molecule has 3 heterocycles. The number of carbonyl (C=O) groups excluding carboxylic acids is 1.